The van der Waals surface area contributed by atoms with Gasteiger partial charge >= 0.3 is 12.0 Å². The highest BCUT2D eigenvalue weighted by Gasteiger charge is 2.08. The topological polar surface area (TPSA) is 96.9 Å². The molecule has 0 aliphatic carbocycles. The van der Waals surface area contributed by atoms with Crippen LogP contribution in [-0.4, -0.2) is 31.3 Å². The summed E-state index contributed by atoms with van der Waals surface area (Å²) in [6, 6.07) is 10.9. The molecule has 2 aromatic rings. The van der Waals surface area contributed by atoms with E-state index in [-0.39, 0.29) is 12.1 Å². The van der Waals surface area contributed by atoms with E-state index in [1.54, 1.807) is 31.4 Å². The van der Waals surface area contributed by atoms with E-state index in [2.05, 4.69) is 10.6 Å². The van der Waals surface area contributed by atoms with Gasteiger partial charge in [0.05, 0.1) is 19.8 Å². The van der Waals surface area contributed by atoms with Crippen LogP contribution in [0.15, 0.2) is 42.5 Å². The number of ether oxygens (including phenoxy) is 2. The van der Waals surface area contributed by atoms with E-state index in [1.807, 2.05) is 6.07 Å². The van der Waals surface area contributed by atoms with Crippen LogP contribution in [0.5, 0.6) is 11.5 Å². The van der Waals surface area contributed by atoms with Gasteiger partial charge < -0.3 is 25.2 Å². The molecular formula is C17H18N2O5. The van der Waals surface area contributed by atoms with Crippen LogP contribution in [-0.2, 0) is 6.54 Å². The molecule has 0 aliphatic rings. The molecule has 7 heteroatoms. The fourth-order valence-corrected chi connectivity index (χ4v) is 2.08. The fourth-order valence-electron chi connectivity index (χ4n) is 2.08. The molecule has 0 saturated heterocycles. The van der Waals surface area contributed by atoms with Gasteiger partial charge in [-0.2, -0.15) is 0 Å². The van der Waals surface area contributed by atoms with E-state index in [9.17, 15) is 9.59 Å². The van der Waals surface area contributed by atoms with Gasteiger partial charge in [0.25, 0.3) is 0 Å². The van der Waals surface area contributed by atoms with Gasteiger partial charge in [-0.15, -0.1) is 0 Å². The zero-order valence-electron chi connectivity index (χ0n) is 13.3. The van der Waals surface area contributed by atoms with Crippen molar-refractivity contribution in [3.63, 3.8) is 0 Å². The molecule has 126 valence electrons. The number of aromatic carboxylic acids is 1. The van der Waals surface area contributed by atoms with Crippen molar-refractivity contribution in [1.29, 1.82) is 0 Å². The predicted octanol–water partition coefficient (Wildman–Crippen LogP) is 2.72. The van der Waals surface area contributed by atoms with Gasteiger partial charge in [-0.05, 0) is 35.9 Å². The van der Waals surface area contributed by atoms with Crippen LogP contribution in [0, 0.1) is 0 Å². The largest absolute Gasteiger partial charge is 0.493 e. The molecule has 0 spiro atoms. The van der Waals surface area contributed by atoms with Crippen molar-refractivity contribution in [3.8, 4) is 11.5 Å². The number of anilines is 1. The van der Waals surface area contributed by atoms with E-state index < -0.39 is 12.0 Å². The highest BCUT2D eigenvalue weighted by Crippen LogP contribution is 2.27. The average molecular weight is 330 g/mol. The molecule has 0 unspecified atom stereocenters. The molecule has 0 fully saturated rings. The second-order valence-corrected chi connectivity index (χ2v) is 4.88. The van der Waals surface area contributed by atoms with E-state index >= 15 is 0 Å². The second kappa shape index (κ2) is 7.87. The number of nitrogens with one attached hydrogen (secondary N) is 2. The molecule has 2 aromatic carbocycles. The number of hydrogen-bond donors (Lipinski definition) is 3. The lowest BCUT2D eigenvalue weighted by atomic mass is 10.2. The van der Waals surface area contributed by atoms with Crippen molar-refractivity contribution in [2.75, 3.05) is 19.5 Å². The number of amides is 2. The number of methoxy groups -OCH3 is 2. The summed E-state index contributed by atoms with van der Waals surface area (Å²) in [4.78, 5) is 22.8. The molecule has 0 atom stereocenters. The van der Waals surface area contributed by atoms with E-state index in [1.165, 1.54) is 19.2 Å². The summed E-state index contributed by atoms with van der Waals surface area (Å²) in [6.45, 7) is 0.283. The van der Waals surface area contributed by atoms with Crippen LogP contribution in [0.2, 0.25) is 0 Å². The summed E-state index contributed by atoms with van der Waals surface area (Å²) < 4.78 is 10.4. The fraction of sp³-hybridized carbons (Fsp3) is 0.176. The van der Waals surface area contributed by atoms with Crippen LogP contribution in [0.1, 0.15) is 15.9 Å². The third-order valence-corrected chi connectivity index (χ3v) is 3.27. The van der Waals surface area contributed by atoms with Gasteiger partial charge in [-0.1, -0.05) is 12.1 Å². The number of urea groups is 1. The smallest absolute Gasteiger partial charge is 0.335 e. The number of hydrogen-bond acceptors (Lipinski definition) is 4. The quantitative estimate of drug-likeness (QED) is 0.757. The lowest BCUT2D eigenvalue weighted by molar-refractivity contribution is 0.0697. The Morgan fingerprint density at radius 3 is 2.46 bits per heavy atom. The first-order chi connectivity index (χ1) is 11.5. The Kier molecular flexibility index (Phi) is 5.62. The molecule has 2 amide bonds. The zero-order chi connectivity index (χ0) is 17.5. The van der Waals surface area contributed by atoms with Gasteiger partial charge in [0.1, 0.15) is 0 Å². The van der Waals surface area contributed by atoms with Crippen LogP contribution < -0.4 is 20.1 Å². The summed E-state index contributed by atoms with van der Waals surface area (Å²) in [5, 5.41) is 14.2. The van der Waals surface area contributed by atoms with Gasteiger partial charge in [0.2, 0.25) is 0 Å². The maximum atomic E-state index is 11.9. The lowest BCUT2D eigenvalue weighted by Gasteiger charge is -2.11. The predicted molar refractivity (Wildman–Crippen MR) is 88.8 cm³/mol. The second-order valence-electron chi connectivity index (χ2n) is 4.88. The molecule has 0 heterocycles. The minimum Gasteiger partial charge on any atom is -0.493 e. The number of carboxylic acid groups (broad SMARTS) is 1. The number of carbonyl (C=O) groups excluding carboxylic acids is 1. The summed E-state index contributed by atoms with van der Waals surface area (Å²) in [7, 11) is 3.09. The minimum absolute atomic E-state index is 0.104. The molecule has 3 N–H and O–H groups in total. The lowest BCUT2D eigenvalue weighted by Crippen LogP contribution is -2.28. The maximum Gasteiger partial charge on any atom is 0.335 e. The molecule has 24 heavy (non-hydrogen) atoms. The Hall–Kier alpha value is -3.22. The van der Waals surface area contributed by atoms with Crippen LogP contribution in [0.4, 0.5) is 10.5 Å². The van der Waals surface area contributed by atoms with Crippen molar-refractivity contribution in [3.05, 3.63) is 53.6 Å². The van der Waals surface area contributed by atoms with Crippen molar-refractivity contribution < 1.29 is 24.2 Å². The van der Waals surface area contributed by atoms with E-state index in [4.69, 9.17) is 14.6 Å². The summed E-state index contributed by atoms with van der Waals surface area (Å²) in [5.41, 5.74) is 1.34. The SMILES string of the molecule is COc1ccc(CNC(=O)Nc2cccc(C(=O)O)c2)cc1OC. The Labute approximate surface area is 139 Å². The Morgan fingerprint density at radius 1 is 1.04 bits per heavy atom. The molecule has 0 aromatic heterocycles. The maximum absolute atomic E-state index is 11.9. The molecule has 0 aliphatic heterocycles. The number of rotatable bonds is 6. The van der Waals surface area contributed by atoms with Crippen molar-refractivity contribution in [2.45, 2.75) is 6.54 Å². The molecule has 7 nitrogen and oxygen atoms in total. The van der Waals surface area contributed by atoms with Crippen molar-refractivity contribution in [2.24, 2.45) is 0 Å². The number of benzene rings is 2. The highest BCUT2D eigenvalue weighted by molar-refractivity contribution is 5.93. The monoisotopic (exact) mass is 330 g/mol. The molecule has 2 rings (SSSR count). The molecule has 0 saturated carbocycles. The van der Waals surface area contributed by atoms with E-state index in [0.29, 0.717) is 17.2 Å². The zero-order valence-corrected chi connectivity index (χ0v) is 13.3. The van der Waals surface area contributed by atoms with Crippen molar-refractivity contribution in [1.82, 2.24) is 5.32 Å². The van der Waals surface area contributed by atoms with Gasteiger partial charge in [0.15, 0.2) is 11.5 Å². The first-order valence-corrected chi connectivity index (χ1v) is 7.12. The van der Waals surface area contributed by atoms with E-state index in [0.717, 1.165) is 5.56 Å². The summed E-state index contributed by atoms with van der Waals surface area (Å²) in [5.74, 6) is 0.131. The normalized spacial score (nSPS) is 9.92. The first-order valence-electron chi connectivity index (χ1n) is 7.12. The Bertz CT molecular complexity index is 746. The Morgan fingerprint density at radius 2 is 1.79 bits per heavy atom. The molecular weight excluding hydrogens is 312 g/mol. The van der Waals surface area contributed by atoms with Gasteiger partial charge in [-0.3, -0.25) is 0 Å². The Balaban J connectivity index is 1.96. The number of carboxylic acids is 1. The van der Waals surface area contributed by atoms with Gasteiger partial charge in [-0.25, -0.2) is 9.59 Å². The summed E-state index contributed by atoms with van der Waals surface area (Å²) >= 11 is 0. The molecule has 0 radical (unpaired) electrons. The highest BCUT2D eigenvalue weighted by atomic mass is 16.5. The van der Waals surface area contributed by atoms with Gasteiger partial charge in [0, 0.05) is 12.2 Å². The molecule has 0 bridgehead atoms. The van der Waals surface area contributed by atoms with Crippen LogP contribution in [0.3, 0.4) is 0 Å². The number of carbonyl (C=O) groups is 2. The third-order valence-electron chi connectivity index (χ3n) is 3.27. The first kappa shape index (κ1) is 17.1. The third kappa shape index (κ3) is 4.39. The average Bonchev–Trinajstić information content (AvgIpc) is 2.59. The van der Waals surface area contributed by atoms with Crippen LogP contribution >= 0.6 is 0 Å². The van der Waals surface area contributed by atoms with Crippen LogP contribution in [0.25, 0.3) is 0 Å². The summed E-state index contributed by atoms with van der Waals surface area (Å²) in [6.07, 6.45) is 0. The standard InChI is InChI=1S/C17H18N2O5/c1-23-14-7-6-11(8-15(14)24-2)10-18-17(22)19-13-5-3-4-12(9-13)16(20)21/h3-9H,10H2,1-2H3,(H,20,21)(H2,18,19,22). The minimum atomic E-state index is -1.05. The van der Waals surface area contributed by atoms with Crippen molar-refractivity contribution >= 4 is 17.7 Å².